The van der Waals surface area contributed by atoms with E-state index in [2.05, 4.69) is 5.32 Å². The molecule has 5 heteroatoms. The van der Waals surface area contributed by atoms with Crippen molar-refractivity contribution in [2.45, 2.75) is 43.2 Å². The molecule has 1 aliphatic heterocycles. The Labute approximate surface area is 95.3 Å². The first-order chi connectivity index (χ1) is 7.54. The summed E-state index contributed by atoms with van der Waals surface area (Å²) < 4.78 is 5.11. The number of nitrogens with one attached hydrogen (secondary N) is 1. The van der Waals surface area contributed by atoms with E-state index in [1.165, 1.54) is 0 Å². The summed E-state index contributed by atoms with van der Waals surface area (Å²) in [6, 6.07) is 0. The number of nitrogens with two attached hydrogens (primary N) is 1. The summed E-state index contributed by atoms with van der Waals surface area (Å²) in [4.78, 5) is 11.9. The van der Waals surface area contributed by atoms with Crippen LogP contribution in [0.4, 0.5) is 0 Å². The summed E-state index contributed by atoms with van der Waals surface area (Å²) in [6.45, 7) is 1.09. The standard InChI is InChI=1S/C11H20N2O3/c12-11(3-1-2-4-11)9(14)13-7-10(15)5-6-16-8-10/h15H,1-8,12H2,(H,13,14). The topological polar surface area (TPSA) is 84.6 Å². The molecule has 5 nitrogen and oxygen atoms in total. The summed E-state index contributed by atoms with van der Waals surface area (Å²) in [5, 5.41) is 12.7. The fourth-order valence-corrected chi connectivity index (χ4v) is 2.39. The second kappa shape index (κ2) is 4.31. The zero-order valence-corrected chi connectivity index (χ0v) is 9.50. The maximum atomic E-state index is 11.9. The number of carbonyl (C=O) groups excluding carboxylic acids is 1. The highest BCUT2D eigenvalue weighted by Crippen LogP contribution is 2.27. The lowest BCUT2D eigenvalue weighted by Gasteiger charge is -2.26. The molecule has 2 rings (SSSR count). The van der Waals surface area contributed by atoms with Crippen LogP contribution in [-0.4, -0.2) is 41.9 Å². The van der Waals surface area contributed by atoms with Gasteiger partial charge in [0.25, 0.3) is 0 Å². The van der Waals surface area contributed by atoms with E-state index in [1.807, 2.05) is 0 Å². The van der Waals surface area contributed by atoms with Gasteiger partial charge in [-0.15, -0.1) is 0 Å². The van der Waals surface area contributed by atoms with E-state index in [0.717, 1.165) is 25.7 Å². The molecule has 0 aromatic carbocycles. The van der Waals surface area contributed by atoms with Crippen molar-refractivity contribution in [1.82, 2.24) is 5.32 Å². The van der Waals surface area contributed by atoms with E-state index in [0.29, 0.717) is 19.6 Å². The summed E-state index contributed by atoms with van der Waals surface area (Å²) in [7, 11) is 0. The van der Waals surface area contributed by atoms with Gasteiger partial charge in [-0.1, -0.05) is 12.8 Å². The molecular formula is C11H20N2O3. The molecule has 2 fully saturated rings. The molecule has 0 bridgehead atoms. The molecule has 1 atom stereocenters. The molecule has 1 saturated heterocycles. The maximum absolute atomic E-state index is 11.9. The molecular weight excluding hydrogens is 208 g/mol. The van der Waals surface area contributed by atoms with E-state index in [4.69, 9.17) is 10.5 Å². The van der Waals surface area contributed by atoms with Crippen LogP contribution in [0.3, 0.4) is 0 Å². The Bertz CT molecular complexity index is 268. The number of ether oxygens (including phenoxy) is 1. The van der Waals surface area contributed by atoms with E-state index in [9.17, 15) is 9.90 Å². The molecule has 92 valence electrons. The van der Waals surface area contributed by atoms with E-state index in [-0.39, 0.29) is 12.5 Å². The molecule has 1 unspecified atom stereocenters. The Morgan fingerprint density at radius 2 is 2.06 bits per heavy atom. The first-order valence-corrected chi connectivity index (χ1v) is 5.92. The van der Waals surface area contributed by atoms with Crippen molar-refractivity contribution in [2.24, 2.45) is 5.73 Å². The number of rotatable bonds is 3. The third-order valence-corrected chi connectivity index (χ3v) is 3.61. The van der Waals surface area contributed by atoms with Crippen molar-refractivity contribution in [2.75, 3.05) is 19.8 Å². The van der Waals surface area contributed by atoms with Crippen LogP contribution >= 0.6 is 0 Å². The van der Waals surface area contributed by atoms with Gasteiger partial charge in [-0.05, 0) is 12.8 Å². The van der Waals surface area contributed by atoms with Crippen LogP contribution in [-0.2, 0) is 9.53 Å². The van der Waals surface area contributed by atoms with Crippen molar-refractivity contribution in [3.63, 3.8) is 0 Å². The van der Waals surface area contributed by atoms with Gasteiger partial charge in [0.2, 0.25) is 5.91 Å². The average Bonchev–Trinajstić information content (AvgIpc) is 2.86. The summed E-state index contributed by atoms with van der Waals surface area (Å²) in [6.07, 6.45) is 4.08. The molecule has 1 heterocycles. The van der Waals surface area contributed by atoms with Crippen molar-refractivity contribution < 1.29 is 14.6 Å². The van der Waals surface area contributed by atoms with Crippen LogP contribution in [0.1, 0.15) is 32.1 Å². The highest BCUT2D eigenvalue weighted by Gasteiger charge is 2.39. The van der Waals surface area contributed by atoms with Crippen LogP contribution < -0.4 is 11.1 Å². The average molecular weight is 228 g/mol. The fraction of sp³-hybridized carbons (Fsp3) is 0.909. The smallest absolute Gasteiger partial charge is 0.240 e. The number of hydrogen-bond donors (Lipinski definition) is 3. The SMILES string of the molecule is NC1(C(=O)NCC2(O)CCOC2)CCCC1. The van der Waals surface area contributed by atoms with Gasteiger partial charge in [0.15, 0.2) is 0 Å². The van der Waals surface area contributed by atoms with Crippen LogP contribution in [0, 0.1) is 0 Å². The van der Waals surface area contributed by atoms with Gasteiger partial charge >= 0.3 is 0 Å². The first kappa shape index (κ1) is 11.8. The summed E-state index contributed by atoms with van der Waals surface area (Å²) in [5.41, 5.74) is 4.39. The normalized spacial score (nSPS) is 32.9. The number of aliphatic hydroxyl groups is 1. The minimum atomic E-state index is -0.898. The highest BCUT2D eigenvalue weighted by atomic mass is 16.5. The Balaban J connectivity index is 1.83. The van der Waals surface area contributed by atoms with E-state index >= 15 is 0 Å². The molecule has 1 saturated carbocycles. The third kappa shape index (κ3) is 2.36. The predicted molar refractivity (Wildman–Crippen MR) is 58.8 cm³/mol. The largest absolute Gasteiger partial charge is 0.386 e. The quantitative estimate of drug-likeness (QED) is 0.609. The fourth-order valence-electron chi connectivity index (χ4n) is 2.39. The molecule has 16 heavy (non-hydrogen) atoms. The zero-order valence-electron chi connectivity index (χ0n) is 9.50. The molecule has 1 aliphatic carbocycles. The molecule has 0 aromatic rings. The first-order valence-electron chi connectivity index (χ1n) is 5.92. The summed E-state index contributed by atoms with van der Waals surface area (Å²) >= 11 is 0. The maximum Gasteiger partial charge on any atom is 0.240 e. The molecule has 0 spiro atoms. The van der Waals surface area contributed by atoms with Crippen LogP contribution in [0.5, 0.6) is 0 Å². The number of hydrogen-bond acceptors (Lipinski definition) is 4. The van der Waals surface area contributed by atoms with Crippen molar-refractivity contribution >= 4 is 5.91 Å². The van der Waals surface area contributed by atoms with Gasteiger partial charge in [0.05, 0.1) is 12.1 Å². The van der Waals surface area contributed by atoms with Crippen molar-refractivity contribution in [3.05, 3.63) is 0 Å². The van der Waals surface area contributed by atoms with Gasteiger partial charge in [0, 0.05) is 19.6 Å². The van der Waals surface area contributed by atoms with Gasteiger partial charge in [-0.25, -0.2) is 0 Å². The number of amides is 1. The van der Waals surface area contributed by atoms with Crippen molar-refractivity contribution in [3.8, 4) is 0 Å². The van der Waals surface area contributed by atoms with Gasteiger partial charge in [-0.3, -0.25) is 4.79 Å². The molecule has 4 N–H and O–H groups in total. The molecule has 2 aliphatic rings. The second-order valence-corrected chi connectivity index (χ2v) is 5.07. The van der Waals surface area contributed by atoms with Gasteiger partial charge in [-0.2, -0.15) is 0 Å². The minimum absolute atomic E-state index is 0.134. The van der Waals surface area contributed by atoms with Crippen LogP contribution in [0.25, 0.3) is 0 Å². The van der Waals surface area contributed by atoms with E-state index in [1.54, 1.807) is 0 Å². The monoisotopic (exact) mass is 228 g/mol. The Morgan fingerprint density at radius 3 is 2.62 bits per heavy atom. The lowest BCUT2D eigenvalue weighted by Crippen LogP contribution is -2.55. The second-order valence-electron chi connectivity index (χ2n) is 5.07. The predicted octanol–water partition coefficient (Wildman–Crippen LogP) is -0.475. The molecule has 0 aromatic heterocycles. The Morgan fingerprint density at radius 1 is 1.38 bits per heavy atom. The van der Waals surface area contributed by atoms with Crippen LogP contribution in [0.2, 0.25) is 0 Å². The lowest BCUT2D eigenvalue weighted by atomic mass is 9.97. The number of carbonyl (C=O) groups is 1. The molecule has 1 amide bonds. The summed E-state index contributed by atoms with van der Waals surface area (Å²) in [5.74, 6) is -0.134. The van der Waals surface area contributed by atoms with E-state index < -0.39 is 11.1 Å². The Hall–Kier alpha value is -0.650. The molecule has 0 radical (unpaired) electrons. The zero-order chi connectivity index (χ0) is 11.6. The van der Waals surface area contributed by atoms with Gasteiger partial charge < -0.3 is 20.9 Å². The minimum Gasteiger partial charge on any atom is -0.386 e. The third-order valence-electron chi connectivity index (χ3n) is 3.61. The highest BCUT2D eigenvalue weighted by molar-refractivity contribution is 5.86. The van der Waals surface area contributed by atoms with Crippen molar-refractivity contribution in [1.29, 1.82) is 0 Å². The lowest BCUT2D eigenvalue weighted by molar-refractivity contribution is -0.127. The van der Waals surface area contributed by atoms with Crippen LogP contribution in [0.15, 0.2) is 0 Å². The Kier molecular flexibility index (Phi) is 3.19. The van der Waals surface area contributed by atoms with Gasteiger partial charge in [0.1, 0.15) is 5.60 Å².